The van der Waals surface area contributed by atoms with Crippen molar-refractivity contribution in [3.8, 4) is 0 Å². The fourth-order valence-corrected chi connectivity index (χ4v) is 2.27. The average Bonchev–Trinajstić information content (AvgIpc) is 2.20. The minimum absolute atomic E-state index is 0.675. The SMILES string of the molecule is CC(CBr)(CBr)OC(C(F)(F)F)(C(F)(F)F)C(F)(F)F. The third-order valence-electron chi connectivity index (χ3n) is 2.16. The van der Waals surface area contributed by atoms with Gasteiger partial charge in [-0.15, -0.1) is 0 Å². The molecule has 0 atom stereocenters. The van der Waals surface area contributed by atoms with Crippen LogP contribution in [0.5, 0.6) is 0 Å². The van der Waals surface area contributed by atoms with Crippen molar-refractivity contribution in [1.29, 1.82) is 0 Å². The van der Waals surface area contributed by atoms with E-state index in [1.54, 1.807) is 0 Å². The van der Waals surface area contributed by atoms with Gasteiger partial charge < -0.3 is 4.74 Å². The molecule has 0 unspecified atom stereocenters. The lowest BCUT2D eigenvalue weighted by atomic mass is 9.99. The van der Waals surface area contributed by atoms with Gasteiger partial charge in [0.05, 0.1) is 5.60 Å². The summed E-state index contributed by atoms with van der Waals surface area (Å²) in [4.78, 5) is 0. The van der Waals surface area contributed by atoms with Crippen molar-refractivity contribution in [2.45, 2.75) is 36.7 Å². The fraction of sp³-hybridized carbons (Fsp3) is 1.00. The molecule has 0 aliphatic heterocycles. The second-order valence-corrected chi connectivity index (χ2v) is 5.12. The maximum Gasteiger partial charge on any atom is 0.435 e. The Bertz CT molecular complexity index is 292. The van der Waals surface area contributed by atoms with Crippen LogP contribution >= 0.6 is 31.9 Å². The zero-order valence-electron chi connectivity index (χ0n) is 9.48. The van der Waals surface area contributed by atoms with Crippen LogP contribution < -0.4 is 0 Å². The van der Waals surface area contributed by atoms with Gasteiger partial charge in [0.15, 0.2) is 0 Å². The number of ether oxygens (including phenoxy) is 1. The Morgan fingerprint density at radius 1 is 0.700 bits per heavy atom. The molecule has 0 bridgehead atoms. The molecule has 0 N–H and O–H groups in total. The molecular weight excluding hydrogens is 443 g/mol. The molecule has 0 aliphatic rings. The Balaban J connectivity index is 6.20. The van der Waals surface area contributed by atoms with Crippen molar-refractivity contribution in [3.05, 3.63) is 0 Å². The summed E-state index contributed by atoms with van der Waals surface area (Å²) >= 11 is 5.06. The van der Waals surface area contributed by atoms with Crippen LogP contribution in [0.1, 0.15) is 6.92 Å². The summed E-state index contributed by atoms with van der Waals surface area (Å²) in [5.41, 5.74) is -8.65. The molecule has 0 spiro atoms. The third kappa shape index (κ3) is 3.54. The third-order valence-corrected chi connectivity index (χ3v) is 4.53. The predicted octanol–water partition coefficient (Wildman–Crippen LogP) is 4.98. The maximum absolute atomic E-state index is 12.6. The summed E-state index contributed by atoms with van der Waals surface area (Å²) in [6, 6.07) is 0. The van der Waals surface area contributed by atoms with Gasteiger partial charge in [-0.1, -0.05) is 31.9 Å². The summed E-state index contributed by atoms with van der Waals surface area (Å²) in [6.07, 6.45) is -20.2. The lowest BCUT2D eigenvalue weighted by molar-refractivity contribution is -0.470. The molecule has 0 rings (SSSR count). The number of rotatable bonds is 4. The molecule has 0 saturated heterocycles. The summed E-state index contributed by atoms with van der Waals surface area (Å²) in [5, 5.41) is -1.37. The summed E-state index contributed by atoms with van der Waals surface area (Å²) < 4.78 is 117. The summed E-state index contributed by atoms with van der Waals surface area (Å²) in [7, 11) is 0. The second kappa shape index (κ2) is 5.82. The van der Waals surface area contributed by atoms with E-state index in [2.05, 4.69) is 36.6 Å². The van der Waals surface area contributed by atoms with E-state index < -0.39 is 40.4 Å². The van der Waals surface area contributed by atoms with Crippen molar-refractivity contribution in [2.24, 2.45) is 0 Å². The van der Waals surface area contributed by atoms with Crippen molar-refractivity contribution in [2.75, 3.05) is 10.7 Å². The Morgan fingerprint density at radius 2 is 0.950 bits per heavy atom. The highest BCUT2D eigenvalue weighted by atomic mass is 79.9. The molecule has 122 valence electrons. The Kier molecular flexibility index (Phi) is 5.91. The topological polar surface area (TPSA) is 9.23 Å². The Hall–Kier alpha value is 0.290. The van der Waals surface area contributed by atoms with Crippen molar-refractivity contribution >= 4 is 31.9 Å². The van der Waals surface area contributed by atoms with Gasteiger partial charge in [-0.3, -0.25) is 0 Å². The van der Waals surface area contributed by atoms with Crippen LogP contribution in [0, 0.1) is 0 Å². The highest BCUT2D eigenvalue weighted by Gasteiger charge is 2.86. The van der Waals surface area contributed by atoms with Crippen LogP contribution in [0.3, 0.4) is 0 Å². The molecule has 0 fully saturated rings. The minimum atomic E-state index is -6.73. The van der Waals surface area contributed by atoms with E-state index in [1.165, 1.54) is 0 Å². The molecule has 1 nitrogen and oxygen atoms in total. The first-order valence-corrected chi connectivity index (χ1v) is 6.84. The first kappa shape index (κ1) is 20.3. The molecule has 0 saturated carbocycles. The number of alkyl halides is 11. The first-order valence-electron chi connectivity index (χ1n) is 4.60. The minimum Gasteiger partial charge on any atom is -0.343 e. The zero-order valence-corrected chi connectivity index (χ0v) is 12.7. The monoisotopic (exact) mass is 448 g/mol. The van der Waals surface area contributed by atoms with Gasteiger partial charge >= 0.3 is 24.1 Å². The van der Waals surface area contributed by atoms with Crippen LogP contribution in [0.2, 0.25) is 0 Å². The lowest BCUT2D eigenvalue weighted by Crippen LogP contribution is -2.70. The van der Waals surface area contributed by atoms with E-state index in [9.17, 15) is 39.5 Å². The van der Waals surface area contributed by atoms with E-state index >= 15 is 0 Å². The van der Waals surface area contributed by atoms with Crippen LogP contribution in [0.25, 0.3) is 0 Å². The lowest BCUT2D eigenvalue weighted by Gasteiger charge is -2.43. The number of hydrogen-bond acceptors (Lipinski definition) is 1. The molecule has 0 aromatic rings. The van der Waals surface area contributed by atoms with Crippen LogP contribution in [0.4, 0.5) is 39.5 Å². The van der Waals surface area contributed by atoms with E-state index in [1.807, 2.05) is 0 Å². The molecule has 12 heteroatoms. The molecular formula is C8H7Br2F9O. The smallest absolute Gasteiger partial charge is 0.343 e. The Morgan fingerprint density at radius 3 is 1.10 bits per heavy atom. The molecule has 0 radical (unpaired) electrons. The normalized spacial score (nSPS) is 15.6. The molecule has 0 heterocycles. The van der Waals surface area contributed by atoms with E-state index in [4.69, 9.17) is 0 Å². The highest BCUT2D eigenvalue weighted by Crippen LogP contribution is 2.56. The molecule has 0 aromatic heterocycles. The van der Waals surface area contributed by atoms with Gasteiger partial charge in [-0.05, 0) is 6.92 Å². The molecule has 0 aliphatic carbocycles. The zero-order chi connectivity index (χ0) is 16.6. The first-order chi connectivity index (χ1) is 8.58. The van der Waals surface area contributed by atoms with E-state index in [-0.39, 0.29) is 0 Å². The van der Waals surface area contributed by atoms with E-state index in [0.29, 0.717) is 6.92 Å². The van der Waals surface area contributed by atoms with Gasteiger partial charge in [0.1, 0.15) is 0 Å². The summed E-state index contributed by atoms with van der Waals surface area (Å²) in [6.45, 7) is 0.675. The van der Waals surface area contributed by atoms with Crippen molar-refractivity contribution < 1.29 is 44.3 Å². The highest BCUT2D eigenvalue weighted by molar-refractivity contribution is 9.09. The molecule has 20 heavy (non-hydrogen) atoms. The average molecular weight is 450 g/mol. The fourth-order valence-electron chi connectivity index (χ4n) is 1.12. The van der Waals surface area contributed by atoms with Gasteiger partial charge in [-0.2, -0.15) is 39.5 Å². The second-order valence-electron chi connectivity index (χ2n) is 3.99. The van der Waals surface area contributed by atoms with Gasteiger partial charge in [-0.25, -0.2) is 0 Å². The largest absolute Gasteiger partial charge is 0.435 e. The summed E-state index contributed by atoms with van der Waals surface area (Å²) in [5.74, 6) is 0. The standard InChI is InChI=1S/C8H7Br2F9O/c1-4(2-9,3-10)20-5(6(11,12)13,7(14,15)16)8(17,18)19/h2-3H2,1H3. The van der Waals surface area contributed by atoms with Gasteiger partial charge in [0.2, 0.25) is 0 Å². The van der Waals surface area contributed by atoms with Crippen LogP contribution in [0.15, 0.2) is 0 Å². The predicted molar refractivity (Wildman–Crippen MR) is 58.0 cm³/mol. The maximum atomic E-state index is 12.6. The van der Waals surface area contributed by atoms with Crippen LogP contribution in [-0.4, -0.2) is 40.4 Å². The van der Waals surface area contributed by atoms with Gasteiger partial charge in [0.25, 0.3) is 0 Å². The van der Waals surface area contributed by atoms with E-state index in [0.717, 1.165) is 0 Å². The van der Waals surface area contributed by atoms with Crippen molar-refractivity contribution in [3.63, 3.8) is 0 Å². The number of hydrogen-bond donors (Lipinski definition) is 0. The van der Waals surface area contributed by atoms with Crippen LogP contribution in [-0.2, 0) is 4.74 Å². The molecule has 0 aromatic carbocycles. The molecule has 0 amide bonds. The quantitative estimate of drug-likeness (QED) is 0.434. The van der Waals surface area contributed by atoms with Gasteiger partial charge in [0, 0.05) is 10.7 Å². The number of halogens is 11. The Labute approximate surface area is 124 Å². The van der Waals surface area contributed by atoms with Crippen molar-refractivity contribution in [1.82, 2.24) is 0 Å².